The van der Waals surface area contributed by atoms with Crippen molar-refractivity contribution in [2.75, 3.05) is 24.6 Å². The molecule has 2 aliphatic rings. The van der Waals surface area contributed by atoms with Gasteiger partial charge in [0.05, 0.1) is 23.6 Å². The molecule has 32 heavy (non-hydrogen) atoms. The number of nitriles is 1. The zero-order valence-corrected chi connectivity index (χ0v) is 18.8. The predicted octanol–water partition coefficient (Wildman–Crippen LogP) is 4.18. The minimum atomic E-state index is -0.706. The van der Waals surface area contributed by atoms with Crippen LogP contribution in [0.15, 0.2) is 47.1 Å². The van der Waals surface area contributed by atoms with Gasteiger partial charge in [0.25, 0.3) is 0 Å². The van der Waals surface area contributed by atoms with Gasteiger partial charge in [-0.2, -0.15) is 5.26 Å². The number of piperidine rings is 1. The van der Waals surface area contributed by atoms with Gasteiger partial charge in [-0.3, -0.25) is 0 Å². The predicted molar refractivity (Wildman–Crippen MR) is 123 cm³/mol. The average Bonchev–Trinajstić information content (AvgIpc) is 2.78. The standard InChI is InChI=1S/C25H28N4O3/c1-4-31-25(30)21-16(3)32-23(27)19(14-26)22(21)18-13-17-9-8-15(2)12-20(17)28-24(18)29-10-6-5-7-11-29/h8-9,12-13,22H,4-7,10-11,27H2,1-3H3/t22-/m1/s1. The fourth-order valence-corrected chi connectivity index (χ4v) is 4.52. The van der Waals surface area contributed by atoms with Crippen LogP contribution < -0.4 is 10.6 Å². The van der Waals surface area contributed by atoms with Crippen molar-refractivity contribution in [1.29, 1.82) is 5.26 Å². The SMILES string of the molecule is CCOC(=O)C1=C(C)OC(N)=C(C#N)[C@H]1c1cc2ccc(C)cc2nc1N1CCCCC1. The second-order valence-corrected chi connectivity index (χ2v) is 8.26. The molecule has 3 heterocycles. The average molecular weight is 433 g/mol. The quantitative estimate of drug-likeness (QED) is 0.723. The van der Waals surface area contributed by atoms with Crippen molar-refractivity contribution in [2.24, 2.45) is 5.73 Å². The first-order chi connectivity index (χ1) is 15.4. The van der Waals surface area contributed by atoms with Crippen molar-refractivity contribution in [3.8, 4) is 6.07 Å². The number of anilines is 1. The highest BCUT2D eigenvalue weighted by Gasteiger charge is 2.39. The fraction of sp³-hybridized carbons (Fsp3) is 0.400. The number of aryl methyl sites for hydroxylation is 1. The van der Waals surface area contributed by atoms with E-state index < -0.39 is 11.9 Å². The van der Waals surface area contributed by atoms with Gasteiger partial charge < -0.3 is 20.1 Å². The van der Waals surface area contributed by atoms with Crippen molar-refractivity contribution in [2.45, 2.75) is 46.0 Å². The third-order valence-electron chi connectivity index (χ3n) is 6.05. The molecule has 0 spiro atoms. The number of esters is 1. The van der Waals surface area contributed by atoms with Crippen molar-refractivity contribution in [3.63, 3.8) is 0 Å². The Bertz CT molecular complexity index is 1170. The fourth-order valence-electron chi connectivity index (χ4n) is 4.52. The first-order valence-corrected chi connectivity index (χ1v) is 11.1. The molecule has 7 heteroatoms. The Morgan fingerprint density at radius 3 is 2.72 bits per heavy atom. The molecule has 0 radical (unpaired) electrons. The van der Waals surface area contributed by atoms with Crippen LogP contribution in [0.1, 0.15) is 50.2 Å². The van der Waals surface area contributed by atoms with Gasteiger partial charge in [0, 0.05) is 24.0 Å². The smallest absolute Gasteiger partial charge is 0.338 e. The van der Waals surface area contributed by atoms with E-state index in [1.165, 1.54) is 6.42 Å². The largest absolute Gasteiger partial charge is 0.463 e. The van der Waals surface area contributed by atoms with Crippen LogP contribution >= 0.6 is 0 Å². The molecular formula is C25H28N4O3. The zero-order chi connectivity index (χ0) is 22.8. The Balaban J connectivity index is 1.99. The molecule has 4 rings (SSSR count). The van der Waals surface area contributed by atoms with Crippen molar-refractivity contribution in [3.05, 3.63) is 58.2 Å². The third-order valence-corrected chi connectivity index (χ3v) is 6.05. The lowest BCUT2D eigenvalue weighted by atomic mass is 9.82. The summed E-state index contributed by atoms with van der Waals surface area (Å²) < 4.78 is 10.9. The van der Waals surface area contributed by atoms with Gasteiger partial charge in [-0.05, 0) is 57.7 Å². The van der Waals surface area contributed by atoms with Crippen LogP contribution in [0.25, 0.3) is 10.9 Å². The highest BCUT2D eigenvalue weighted by atomic mass is 16.5. The summed E-state index contributed by atoms with van der Waals surface area (Å²) in [5.41, 5.74) is 9.39. The highest BCUT2D eigenvalue weighted by molar-refractivity contribution is 5.94. The lowest BCUT2D eigenvalue weighted by molar-refractivity contribution is -0.139. The summed E-state index contributed by atoms with van der Waals surface area (Å²) in [6.45, 7) is 7.44. The number of benzene rings is 1. The van der Waals surface area contributed by atoms with Gasteiger partial charge in [0.15, 0.2) is 0 Å². The molecule has 0 unspecified atom stereocenters. The van der Waals surface area contributed by atoms with Crippen molar-refractivity contribution < 1.29 is 14.3 Å². The van der Waals surface area contributed by atoms with E-state index in [0.29, 0.717) is 11.3 Å². The maximum absolute atomic E-state index is 13.0. The molecule has 0 aliphatic carbocycles. The monoisotopic (exact) mass is 432 g/mol. The van der Waals surface area contributed by atoms with E-state index in [4.69, 9.17) is 20.2 Å². The number of nitrogens with two attached hydrogens (primary N) is 1. The molecule has 166 valence electrons. The molecule has 2 aromatic rings. The summed E-state index contributed by atoms with van der Waals surface area (Å²) in [6.07, 6.45) is 3.33. The number of aromatic nitrogens is 1. The third kappa shape index (κ3) is 3.89. The molecule has 0 saturated carbocycles. The first kappa shape index (κ1) is 21.7. The van der Waals surface area contributed by atoms with Gasteiger partial charge in [0.2, 0.25) is 5.88 Å². The molecule has 1 aromatic carbocycles. The normalized spacial score (nSPS) is 19.1. The van der Waals surface area contributed by atoms with E-state index in [2.05, 4.69) is 17.0 Å². The van der Waals surface area contributed by atoms with Crippen molar-refractivity contribution >= 4 is 22.7 Å². The molecule has 2 aliphatic heterocycles. The lowest BCUT2D eigenvalue weighted by Gasteiger charge is -2.33. The molecule has 1 saturated heterocycles. The molecule has 1 fully saturated rings. The summed E-state index contributed by atoms with van der Waals surface area (Å²) in [6, 6.07) is 10.3. The highest BCUT2D eigenvalue weighted by Crippen LogP contribution is 2.44. The van der Waals surface area contributed by atoms with E-state index in [-0.39, 0.29) is 18.1 Å². The van der Waals surface area contributed by atoms with Crippen LogP contribution in [-0.4, -0.2) is 30.6 Å². The van der Waals surface area contributed by atoms with Gasteiger partial charge in [-0.25, -0.2) is 9.78 Å². The molecule has 0 bridgehead atoms. The minimum Gasteiger partial charge on any atom is -0.463 e. The number of fused-ring (bicyclic) bond motifs is 1. The first-order valence-electron chi connectivity index (χ1n) is 11.1. The van der Waals surface area contributed by atoms with Gasteiger partial charge >= 0.3 is 5.97 Å². The van der Waals surface area contributed by atoms with Gasteiger partial charge in [-0.15, -0.1) is 0 Å². The maximum atomic E-state index is 13.0. The van der Waals surface area contributed by atoms with E-state index >= 15 is 0 Å². The molecule has 1 aromatic heterocycles. The van der Waals surface area contributed by atoms with Crippen molar-refractivity contribution in [1.82, 2.24) is 4.98 Å². The minimum absolute atomic E-state index is 0.0108. The summed E-state index contributed by atoms with van der Waals surface area (Å²) in [5.74, 6) is -0.0770. The van der Waals surface area contributed by atoms with E-state index in [1.807, 2.05) is 25.1 Å². The molecule has 1 atom stereocenters. The van der Waals surface area contributed by atoms with Gasteiger partial charge in [0.1, 0.15) is 23.2 Å². The van der Waals surface area contributed by atoms with Crippen LogP contribution in [-0.2, 0) is 14.3 Å². The Morgan fingerprint density at radius 2 is 2.03 bits per heavy atom. The lowest BCUT2D eigenvalue weighted by Crippen LogP contribution is -2.33. The number of hydrogen-bond donors (Lipinski definition) is 1. The van der Waals surface area contributed by atoms with E-state index in [9.17, 15) is 10.1 Å². The molecule has 7 nitrogen and oxygen atoms in total. The number of hydrogen-bond acceptors (Lipinski definition) is 7. The van der Waals surface area contributed by atoms with E-state index in [1.54, 1.807) is 13.8 Å². The second-order valence-electron chi connectivity index (χ2n) is 8.26. The summed E-state index contributed by atoms with van der Waals surface area (Å²) in [4.78, 5) is 20.3. The zero-order valence-electron chi connectivity index (χ0n) is 18.8. The number of ether oxygens (including phenoxy) is 2. The summed E-state index contributed by atoms with van der Waals surface area (Å²) in [7, 11) is 0. The summed E-state index contributed by atoms with van der Waals surface area (Å²) in [5, 5.41) is 10.9. The number of carbonyl (C=O) groups excluding carboxylic acids is 1. The Hall–Kier alpha value is -3.53. The van der Waals surface area contributed by atoms with Crippen LogP contribution in [0.5, 0.6) is 0 Å². The number of nitrogens with zero attached hydrogens (tertiary/aromatic N) is 3. The van der Waals surface area contributed by atoms with Crippen LogP contribution in [0.3, 0.4) is 0 Å². The molecule has 0 amide bonds. The Labute approximate surface area is 188 Å². The second kappa shape index (κ2) is 8.91. The van der Waals surface area contributed by atoms with Gasteiger partial charge in [-0.1, -0.05) is 12.1 Å². The number of carbonyl (C=O) groups is 1. The molecular weight excluding hydrogens is 404 g/mol. The summed E-state index contributed by atoms with van der Waals surface area (Å²) >= 11 is 0. The van der Waals surface area contributed by atoms with Crippen LogP contribution in [0, 0.1) is 18.3 Å². The number of allylic oxidation sites excluding steroid dienone is 2. The van der Waals surface area contributed by atoms with Crippen LogP contribution in [0.2, 0.25) is 0 Å². The maximum Gasteiger partial charge on any atom is 0.338 e. The number of rotatable bonds is 4. The Kier molecular flexibility index (Phi) is 6.04. The topological polar surface area (TPSA) is 101 Å². The van der Waals surface area contributed by atoms with E-state index in [0.717, 1.165) is 53.8 Å². The molecule has 2 N–H and O–H groups in total. The number of pyridine rings is 1. The Morgan fingerprint density at radius 1 is 1.28 bits per heavy atom. The van der Waals surface area contributed by atoms with Crippen LogP contribution in [0.4, 0.5) is 5.82 Å².